The Balaban J connectivity index is 1.82. The summed E-state index contributed by atoms with van der Waals surface area (Å²) in [5.74, 6) is -0.321. The molecule has 0 atom stereocenters. The molecule has 1 aromatic rings. The van der Waals surface area contributed by atoms with Crippen molar-refractivity contribution in [2.24, 2.45) is 5.10 Å². The third kappa shape index (κ3) is 6.29. The molecule has 3 N–H and O–H groups in total. The number of aryl methyl sites for hydroxylation is 1. The predicted octanol–water partition coefficient (Wildman–Crippen LogP) is 1.72. The Kier molecular flexibility index (Phi) is 8.88. The molecule has 2 rings (SSSR count). The van der Waals surface area contributed by atoms with E-state index in [4.69, 9.17) is 21.7 Å². The largest absolute Gasteiger partial charge is 0.462 e. The molecule has 0 aromatic carbocycles. The van der Waals surface area contributed by atoms with E-state index in [1.54, 1.807) is 6.92 Å². The second-order valence-corrected chi connectivity index (χ2v) is 7.13. The zero-order valence-electron chi connectivity index (χ0n) is 17.2. The molecule has 0 radical (unpaired) electrons. The fourth-order valence-corrected chi connectivity index (χ4v) is 3.33. The lowest BCUT2D eigenvalue weighted by Gasteiger charge is -2.26. The van der Waals surface area contributed by atoms with Crippen LogP contribution >= 0.6 is 12.2 Å². The van der Waals surface area contributed by atoms with Gasteiger partial charge in [0.1, 0.15) is 0 Å². The molecule has 9 heteroatoms. The maximum absolute atomic E-state index is 12.1. The van der Waals surface area contributed by atoms with Crippen LogP contribution in [0.5, 0.6) is 0 Å². The number of hydrazone groups is 1. The summed E-state index contributed by atoms with van der Waals surface area (Å²) >= 11 is 5.28. The van der Waals surface area contributed by atoms with Gasteiger partial charge in [-0.25, -0.2) is 4.79 Å². The van der Waals surface area contributed by atoms with Crippen molar-refractivity contribution in [1.82, 2.24) is 20.6 Å². The average molecular weight is 410 g/mol. The molecule has 1 saturated heterocycles. The Morgan fingerprint density at radius 3 is 2.75 bits per heavy atom. The van der Waals surface area contributed by atoms with Crippen LogP contribution in [-0.2, 0) is 9.47 Å². The number of esters is 1. The summed E-state index contributed by atoms with van der Waals surface area (Å²) < 4.78 is 10.5. The van der Waals surface area contributed by atoms with Gasteiger partial charge in [0.2, 0.25) is 0 Å². The zero-order valence-corrected chi connectivity index (χ0v) is 18.0. The van der Waals surface area contributed by atoms with E-state index in [1.165, 1.54) is 0 Å². The molecule has 156 valence electrons. The third-order valence-electron chi connectivity index (χ3n) is 4.64. The van der Waals surface area contributed by atoms with E-state index in [0.29, 0.717) is 23.0 Å². The minimum Gasteiger partial charge on any atom is -0.462 e. The number of aromatic amines is 1. The van der Waals surface area contributed by atoms with Gasteiger partial charge >= 0.3 is 5.97 Å². The molecule has 0 aliphatic carbocycles. The summed E-state index contributed by atoms with van der Waals surface area (Å²) in [6.07, 6.45) is 1.00. The van der Waals surface area contributed by atoms with E-state index in [0.717, 1.165) is 62.8 Å². The first kappa shape index (κ1) is 22.3. The molecule has 0 amide bonds. The number of hydrogen-bond donors (Lipinski definition) is 3. The number of aromatic nitrogens is 1. The fraction of sp³-hybridized carbons (Fsp3) is 0.632. The number of morpholine rings is 1. The Morgan fingerprint density at radius 1 is 1.36 bits per heavy atom. The van der Waals surface area contributed by atoms with Crippen LogP contribution in [0, 0.1) is 13.8 Å². The van der Waals surface area contributed by atoms with Crippen molar-refractivity contribution < 1.29 is 14.3 Å². The number of carbonyl (C=O) groups excluding carboxylic acids is 1. The smallest absolute Gasteiger partial charge is 0.340 e. The molecule has 0 unspecified atom stereocenters. The van der Waals surface area contributed by atoms with Gasteiger partial charge in [0, 0.05) is 25.3 Å². The standard InChI is InChI=1S/C19H31N5O3S/c1-5-27-18(25)16-13(2)17(21-14(16)3)15(4)22-23-19(28)20-7-6-8-24-9-11-26-12-10-24/h21H,5-12H2,1-4H3,(H2,20,23,28)/b22-15+. The van der Waals surface area contributed by atoms with Crippen molar-refractivity contribution in [2.75, 3.05) is 46.0 Å². The van der Waals surface area contributed by atoms with Crippen LogP contribution in [0.25, 0.3) is 0 Å². The maximum atomic E-state index is 12.1. The van der Waals surface area contributed by atoms with E-state index >= 15 is 0 Å². The first-order valence-electron chi connectivity index (χ1n) is 9.68. The number of rotatable bonds is 8. The molecule has 28 heavy (non-hydrogen) atoms. The summed E-state index contributed by atoms with van der Waals surface area (Å²) in [6, 6.07) is 0. The first-order valence-corrected chi connectivity index (χ1v) is 10.1. The van der Waals surface area contributed by atoms with Crippen LogP contribution in [-0.4, -0.2) is 72.7 Å². The summed E-state index contributed by atoms with van der Waals surface area (Å²) in [6.45, 7) is 13.2. The van der Waals surface area contributed by atoms with Gasteiger partial charge < -0.3 is 19.8 Å². The predicted molar refractivity (Wildman–Crippen MR) is 114 cm³/mol. The Bertz CT molecular complexity index is 711. The molecular formula is C19H31N5O3S. The number of ether oxygens (including phenoxy) is 2. The van der Waals surface area contributed by atoms with Gasteiger partial charge in [-0.15, -0.1) is 0 Å². The highest BCUT2D eigenvalue weighted by atomic mass is 32.1. The molecule has 0 bridgehead atoms. The van der Waals surface area contributed by atoms with Gasteiger partial charge in [-0.2, -0.15) is 5.10 Å². The van der Waals surface area contributed by atoms with E-state index < -0.39 is 0 Å². The fourth-order valence-electron chi connectivity index (χ4n) is 3.18. The van der Waals surface area contributed by atoms with Crippen molar-refractivity contribution in [1.29, 1.82) is 0 Å². The van der Waals surface area contributed by atoms with Crippen molar-refractivity contribution in [2.45, 2.75) is 34.1 Å². The number of nitrogens with one attached hydrogen (secondary N) is 3. The second-order valence-electron chi connectivity index (χ2n) is 6.72. The normalized spacial score (nSPS) is 15.4. The van der Waals surface area contributed by atoms with Crippen molar-refractivity contribution >= 4 is 29.0 Å². The molecule has 1 aliphatic rings. The lowest BCUT2D eigenvalue weighted by Crippen LogP contribution is -2.39. The molecule has 0 spiro atoms. The van der Waals surface area contributed by atoms with Crippen LogP contribution in [0.3, 0.4) is 0 Å². The highest BCUT2D eigenvalue weighted by Gasteiger charge is 2.20. The summed E-state index contributed by atoms with van der Waals surface area (Å²) in [5.41, 5.74) is 6.53. The van der Waals surface area contributed by atoms with Crippen LogP contribution in [0.2, 0.25) is 0 Å². The van der Waals surface area contributed by atoms with Crippen LogP contribution < -0.4 is 10.7 Å². The first-order chi connectivity index (χ1) is 13.4. The SMILES string of the molecule is CCOC(=O)c1c(C)[nH]c(/C(C)=N/NC(=S)NCCCN2CCOCC2)c1C. The topological polar surface area (TPSA) is 91.0 Å². The molecule has 1 aromatic heterocycles. The quantitative estimate of drug-likeness (QED) is 0.198. The Labute approximate surface area is 172 Å². The van der Waals surface area contributed by atoms with Crippen LogP contribution in [0.4, 0.5) is 0 Å². The van der Waals surface area contributed by atoms with E-state index in [9.17, 15) is 4.79 Å². The molecule has 1 fully saturated rings. The molecule has 2 heterocycles. The molecule has 8 nitrogen and oxygen atoms in total. The van der Waals surface area contributed by atoms with Gasteiger partial charge in [-0.1, -0.05) is 0 Å². The number of carbonyl (C=O) groups is 1. The monoisotopic (exact) mass is 409 g/mol. The van der Waals surface area contributed by atoms with Crippen LogP contribution in [0.15, 0.2) is 5.10 Å². The van der Waals surface area contributed by atoms with Crippen molar-refractivity contribution in [3.63, 3.8) is 0 Å². The van der Waals surface area contributed by atoms with Gasteiger partial charge in [0.05, 0.1) is 36.8 Å². The Morgan fingerprint density at radius 2 is 2.07 bits per heavy atom. The van der Waals surface area contributed by atoms with Gasteiger partial charge in [-0.3, -0.25) is 10.3 Å². The second kappa shape index (κ2) is 11.1. The minimum atomic E-state index is -0.321. The lowest BCUT2D eigenvalue weighted by atomic mass is 10.1. The number of H-pyrrole nitrogens is 1. The third-order valence-corrected chi connectivity index (χ3v) is 4.88. The van der Waals surface area contributed by atoms with Crippen molar-refractivity contribution in [3.8, 4) is 0 Å². The molecular weight excluding hydrogens is 378 g/mol. The minimum absolute atomic E-state index is 0.321. The number of thiocarbonyl (C=S) groups is 1. The maximum Gasteiger partial charge on any atom is 0.340 e. The zero-order chi connectivity index (χ0) is 20.5. The lowest BCUT2D eigenvalue weighted by molar-refractivity contribution is 0.0376. The number of hydrogen-bond acceptors (Lipinski definition) is 6. The van der Waals surface area contributed by atoms with Gasteiger partial charge in [0.25, 0.3) is 0 Å². The highest BCUT2D eigenvalue weighted by Crippen LogP contribution is 2.19. The van der Waals surface area contributed by atoms with E-state index in [1.807, 2.05) is 20.8 Å². The van der Waals surface area contributed by atoms with Crippen LogP contribution in [0.1, 0.15) is 47.6 Å². The number of nitrogens with zero attached hydrogens (tertiary/aromatic N) is 2. The molecule has 1 aliphatic heterocycles. The van der Waals surface area contributed by atoms with E-state index in [2.05, 4.69) is 25.7 Å². The van der Waals surface area contributed by atoms with Gasteiger partial charge in [0.15, 0.2) is 5.11 Å². The molecule has 0 saturated carbocycles. The summed E-state index contributed by atoms with van der Waals surface area (Å²) in [7, 11) is 0. The Hall–Kier alpha value is -1.97. The van der Waals surface area contributed by atoms with Crippen molar-refractivity contribution in [3.05, 3.63) is 22.5 Å². The summed E-state index contributed by atoms with van der Waals surface area (Å²) in [5, 5.41) is 7.98. The van der Waals surface area contributed by atoms with E-state index in [-0.39, 0.29) is 5.97 Å². The van der Waals surface area contributed by atoms with Gasteiger partial charge in [-0.05, 0) is 58.4 Å². The average Bonchev–Trinajstić information content (AvgIpc) is 2.98. The summed E-state index contributed by atoms with van der Waals surface area (Å²) in [4.78, 5) is 17.7. The highest BCUT2D eigenvalue weighted by molar-refractivity contribution is 7.80.